The van der Waals surface area contributed by atoms with E-state index in [-0.39, 0.29) is 11.9 Å². The van der Waals surface area contributed by atoms with Gasteiger partial charge >= 0.3 is 0 Å². The molecule has 0 rings (SSSR count). The van der Waals surface area contributed by atoms with Crippen LogP contribution in [0.5, 0.6) is 0 Å². The van der Waals surface area contributed by atoms with Crippen LogP contribution in [-0.2, 0) is 4.79 Å². The summed E-state index contributed by atoms with van der Waals surface area (Å²) in [7, 11) is 0. The Balaban J connectivity index is 3.46. The average molecular weight is 158 g/mol. The first-order valence-corrected chi connectivity index (χ1v) is 4.25. The van der Waals surface area contributed by atoms with E-state index < -0.39 is 0 Å². The van der Waals surface area contributed by atoms with E-state index in [9.17, 15) is 4.79 Å². The monoisotopic (exact) mass is 158 g/mol. The van der Waals surface area contributed by atoms with Crippen LogP contribution in [0.1, 0.15) is 33.1 Å². The van der Waals surface area contributed by atoms with Gasteiger partial charge in [-0.25, -0.2) is 0 Å². The predicted octanol–water partition coefficient (Wildman–Crippen LogP) is 0.640. The third-order valence-corrected chi connectivity index (χ3v) is 1.56. The Morgan fingerprint density at radius 2 is 2.18 bits per heavy atom. The van der Waals surface area contributed by atoms with E-state index in [4.69, 9.17) is 5.73 Å². The minimum Gasteiger partial charge on any atom is -0.355 e. The standard InChI is InChI=1S/C8H18N2O/c1-3-5-6-7(9)8(11)10-4-2/h7H,3-6,9H2,1-2H3,(H,10,11). The molecule has 0 aliphatic rings. The molecule has 0 spiro atoms. The molecule has 0 aromatic rings. The molecule has 3 N–H and O–H groups in total. The molecule has 0 radical (unpaired) electrons. The van der Waals surface area contributed by atoms with Gasteiger partial charge in [-0.2, -0.15) is 0 Å². The van der Waals surface area contributed by atoms with E-state index in [0.717, 1.165) is 19.3 Å². The number of unbranched alkanes of at least 4 members (excludes halogenated alkanes) is 1. The van der Waals surface area contributed by atoms with Gasteiger partial charge < -0.3 is 11.1 Å². The van der Waals surface area contributed by atoms with Crippen LogP contribution in [0, 0.1) is 0 Å². The smallest absolute Gasteiger partial charge is 0.236 e. The Hall–Kier alpha value is -0.570. The summed E-state index contributed by atoms with van der Waals surface area (Å²) in [6.07, 6.45) is 2.91. The lowest BCUT2D eigenvalue weighted by molar-refractivity contribution is -0.122. The molecule has 0 aliphatic heterocycles. The third-order valence-electron chi connectivity index (χ3n) is 1.56. The van der Waals surface area contributed by atoms with Gasteiger partial charge in [-0.05, 0) is 13.3 Å². The number of hydrogen-bond acceptors (Lipinski definition) is 2. The van der Waals surface area contributed by atoms with Crippen LogP contribution in [0.3, 0.4) is 0 Å². The predicted molar refractivity (Wildman–Crippen MR) is 46.2 cm³/mol. The molecule has 0 aromatic carbocycles. The largest absolute Gasteiger partial charge is 0.355 e. The number of nitrogens with two attached hydrogens (primary N) is 1. The molecule has 66 valence electrons. The van der Waals surface area contributed by atoms with Crippen LogP contribution >= 0.6 is 0 Å². The van der Waals surface area contributed by atoms with Crippen molar-refractivity contribution in [1.82, 2.24) is 5.32 Å². The van der Waals surface area contributed by atoms with E-state index in [0.29, 0.717) is 6.54 Å². The van der Waals surface area contributed by atoms with E-state index >= 15 is 0 Å². The van der Waals surface area contributed by atoms with Crippen molar-refractivity contribution in [3.8, 4) is 0 Å². The van der Waals surface area contributed by atoms with Crippen LogP contribution in [0.2, 0.25) is 0 Å². The van der Waals surface area contributed by atoms with Crippen molar-refractivity contribution < 1.29 is 4.79 Å². The topological polar surface area (TPSA) is 55.1 Å². The Morgan fingerprint density at radius 3 is 2.64 bits per heavy atom. The van der Waals surface area contributed by atoms with Gasteiger partial charge in [0.25, 0.3) is 0 Å². The number of hydrogen-bond donors (Lipinski definition) is 2. The fraction of sp³-hybridized carbons (Fsp3) is 0.875. The van der Waals surface area contributed by atoms with Crippen LogP contribution < -0.4 is 11.1 Å². The zero-order valence-electron chi connectivity index (χ0n) is 7.39. The molecule has 0 saturated carbocycles. The minimum atomic E-state index is -0.310. The Kier molecular flexibility index (Phi) is 5.84. The summed E-state index contributed by atoms with van der Waals surface area (Å²) in [5, 5.41) is 2.69. The highest BCUT2D eigenvalue weighted by atomic mass is 16.2. The van der Waals surface area contributed by atoms with Crippen molar-refractivity contribution in [2.24, 2.45) is 5.73 Å². The number of carbonyl (C=O) groups is 1. The minimum absolute atomic E-state index is 0.0269. The van der Waals surface area contributed by atoms with Gasteiger partial charge in [0.15, 0.2) is 0 Å². The van der Waals surface area contributed by atoms with Crippen molar-refractivity contribution in [1.29, 1.82) is 0 Å². The maximum atomic E-state index is 11.0. The average Bonchev–Trinajstić information content (AvgIpc) is 2.00. The van der Waals surface area contributed by atoms with Gasteiger partial charge in [0, 0.05) is 6.54 Å². The lowest BCUT2D eigenvalue weighted by Crippen LogP contribution is -2.40. The number of nitrogens with one attached hydrogen (secondary N) is 1. The van der Waals surface area contributed by atoms with Crippen molar-refractivity contribution >= 4 is 5.91 Å². The lowest BCUT2D eigenvalue weighted by Gasteiger charge is -2.09. The number of rotatable bonds is 5. The molecule has 0 heterocycles. The fourth-order valence-electron chi connectivity index (χ4n) is 0.860. The first kappa shape index (κ1) is 10.4. The number of carbonyl (C=O) groups excluding carboxylic acids is 1. The summed E-state index contributed by atoms with van der Waals surface area (Å²) in [4.78, 5) is 11.0. The molecule has 3 nitrogen and oxygen atoms in total. The second kappa shape index (κ2) is 6.16. The molecular formula is C8H18N2O. The quantitative estimate of drug-likeness (QED) is 0.617. The number of amides is 1. The second-order valence-corrected chi connectivity index (χ2v) is 2.64. The maximum absolute atomic E-state index is 11.0. The molecule has 1 unspecified atom stereocenters. The molecule has 0 fully saturated rings. The maximum Gasteiger partial charge on any atom is 0.236 e. The van der Waals surface area contributed by atoms with Gasteiger partial charge in [0.05, 0.1) is 6.04 Å². The van der Waals surface area contributed by atoms with Crippen LogP contribution in [-0.4, -0.2) is 18.5 Å². The summed E-state index contributed by atoms with van der Waals surface area (Å²) in [6.45, 7) is 4.65. The van der Waals surface area contributed by atoms with Crippen molar-refractivity contribution in [3.05, 3.63) is 0 Å². The Labute approximate surface area is 68.3 Å². The zero-order chi connectivity index (χ0) is 8.69. The van der Waals surface area contributed by atoms with E-state index in [2.05, 4.69) is 12.2 Å². The summed E-state index contributed by atoms with van der Waals surface area (Å²) in [5.41, 5.74) is 5.58. The Bertz CT molecular complexity index is 115. The zero-order valence-corrected chi connectivity index (χ0v) is 7.39. The first-order chi connectivity index (χ1) is 5.22. The highest BCUT2D eigenvalue weighted by Gasteiger charge is 2.10. The molecule has 11 heavy (non-hydrogen) atoms. The molecule has 0 bridgehead atoms. The molecule has 1 amide bonds. The lowest BCUT2D eigenvalue weighted by atomic mass is 10.1. The molecular weight excluding hydrogens is 140 g/mol. The fourth-order valence-corrected chi connectivity index (χ4v) is 0.860. The van der Waals surface area contributed by atoms with Gasteiger partial charge in [-0.15, -0.1) is 0 Å². The molecule has 0 aliphatic carbocycles. The van der Waals surface area contributed by atoms with Crippen molar-refractivity contribution in [2.75, 3.05) is 6.54 Å². The second-order valence-electron chi connectivity index (χ2n) is 2.64. The summed E-state index contributed by atoms with van der Waals surface area (Å²) >= 11 is 0. The van der Waals surface area contributed by atoms with Crippen LogP contribution in [0.25, 0.3) is 0 Å². The summed E-state index contributed by atoms with van der Waals surface area (Å²) < 4.78 is 0. The Morgan fingerprint density at radius 1 is 1.55 bits per heavy atom. The normalized spacial score (nSPS) is 12.6. The van der Waals surface area contributed by atoms with Gasteiger partial charge in [0.2, 0.25) is 5.91 Å². The van der Waals surface area contributed by atoms with Gasteiger partial charge in [-0.3, -0.25) is 4.79 Å². The number of likely N-dealkylation sites (N-methyl/N-ethyl adjacent to an activating group) is 1. The molecule has 0 saturated heterocycles. The molecule has 0 aromatic heterocycles. The van der Waals surface area contributed by atoms with E-state index in [1.54, 1.807) is 0 Å². The molecule has 1 atom stereocenters. The van der Waals surface area contributed by atoms with Crippen molar-refractivity contribution in [2.45, 2.75) is 39.2 Å². The summed E-state index contributed by atoms with van der Waals surface area (Å²) in [5.74, 6) is -0.0269. The highest BCUT2D eigenvalue weighted by Crippen LogP contribution is 1.97. The van der Waals surface area contributed by atoms with E-state index in [1.807, 2.05) is 6.92 Å². The van der Waals surface area contributed by atoms with Gasteiger partial charge in [0.1, 0.15) is 0 Å². The first-order valence-electron chi connectivity index (χ1n) is 4.25. The van der Waals surface area contributed by atoms with Crippen LogP contribution in [0.4, 0.5) is 0 Å². The summed E-state index contributed by atoms with van der Waals surface area (Å²) in [6, 6.07) is -0.310. The molecule has 3 heteroatoms. The third kappa shape index (κ3) is 4.79. The SMILES string of the molecule is CCCCC(N)C(=O)NCC. The van der Waals surface area contributed by atoms with E-state index in [1.165, 1.54) is 0 Å². The van der Waals surface area contributed by atoms with Gasteiger partial charge in [-0.1, -0.05) is 19.8 Å². The van der Waals surface area contributed by atoms with Crippen molar-refractivity contribution in [3.63, 3.8) is 0 Å². The highest BCUT2D eigenvalue weighted by molar-refractivity contribution is 5.81. The van der Waals surface area contributed by atoms with Crippen LogP contribution in [0.15, 0.2) is 0 Å².